The van der Waals surface area contributed by atoms with Gasteiger partial charge in [-0.2, -0.15) is 13.2 Å². The van der Waals surface area contributed by atoms with Crippen LogP contribution in [0.25, 0.3) is 10.6 Å². The highest BCUT2D eigenvalue weighted by molar-refractivity contribution is 7.18. The summed E-state index contributed by atoms with van der Waals surface area (Å²) < 4.78 is 44.5. The van der Waals surface area contributed by atoms with E-state index >= 15 is 0 Å². The van der Waals surface area contributed by atoms with Gasteiger partial charge in [0, 0.05) is 11.1 Å². The minimum absolute atomic E-state index is 0.104. The van der Waals surface area contributed by atoms with Crippen LogP contribution in [0.15, 0.2) is 18.3 Å². The average molecular weight is 368 g/mol. The zero-order valence-electron chi connectivity index (χ0n) is 11.5. The van der Waals surface area contributed by atoms with Crippen LogP contribution in [0.3, 0.4) is 0 Å². The van der Waals surface area contributed by atoms with Crippen LogP contribution in [0.1, 0.15) is 11.6 Å². The average Bonchev–Trinajstić information content (AvgIpc) is 2.89. The standard InChI is InChI=1S/C12H9ClF3N3O3S/c1-22-8-3-2-7(6(5-19(20)21)12(14,15)16)18-10(8)9-4-17-11(13)23-9/h2-4,6H,5H2,1H3. The molecule has 0 aromatic carbocycles. The van der Waals surface area contributed by atoms with Crippen molar-refractivity contribution in [1.82, 2.24) is 9.97 Å². The molecular weight excluding hydrogens is 359 g/mol. The monoisotopic (exact) mass is 367 g/mol. The molecule has 1 atom stereocenters. The Kier molecular flexibility index (Phi) is 5.05. The van der Waals surface area contributed by atoms with Crippen molar-refractivity contribution in [1.29, 1.82) is 0 Å². The normalized spacial score (nSPS) is 12.9. The quantitative estimate of drug-likeness (QED) is 0.593. The summed E-state index contributed by atoms with van der Waals surface area (Å²) in [5.74, 6) is -2.10. The molecule has 11 heteroatoms. The molecule has 0 bridgehead atoms. The molecule has 0 spiro atoms. The number of alkyl halides is 3. The Labute approximate surface area is 137 Å². The summed E-state index contributed by atoms with van der Waals surface area (Å²) in [4.78, 5) is 17.6. The summed E-state index contributed by atoms with van der Waals surface area (Å²) in [6.45, 7) is -1.30. The van der Waals surface area contributed by atoms with Crippen LogP contribution in [-0.4, -0.2) is 34.7 Å². The third-order valence-corrected chi connectivity index (χ3v) is 4.02. The number of nitrogens with zero attached hydrogens (tertiary/aromatic N) is 3. The molecule has 0 fully saturated rings. The molecule has 0 aliphatic heterocycles. The van der Waals surface area contributed by atoms with Gasteiger partial charge in [0.2, 0.25) is 6.54 Å². The molecule has 0 saturated carbocycles. The summed E-state index contributed by atoms with van der Waals surface area (Å²) >= 11 is 6.73. The highest BCUT2D eigenvalue weighted by Crippen LogP contribution is 2.38. The van der Waals surface area contributed by atoms with Crippen molar-refractivity contribution < 1.29 is 22.8 Å². The van der Waals surface area contributed by atoms with E-state index in [0.717, 1.165) is 17.4 Å². The predicted molar refractivity (Wildman–Crippen MR) is 77.6 cm³/mol. The molecule has 0 saturated heterocycles. The Morgan fingerprint density at radius 3 is 2.65 bits per heavy atom. The lowest BCUT2D eigenvalue weighted by atomic mass is 10.0. The zero-order chi connectivity index (χ0) is 17.2. The number of ether oxygens (including phenoxy) is 1. The van der Waals surface area contributed by atoms with Crippen LogP contribution in [-0.2, 0) is 0 Å². The van der Waals surface area contributed by atoms with Crippen molar-refractivity contribution in [2.24, 2.45) is 0 Å². The summed E-state index contributed by atoms with van der Waals surface area (Å²) in [5.41, 5.74) is -0.360. The van der Waals surface area contributed by atoms with E-state index in [1.54, 1.807) is 0 Å². The van der Waals surface area contributed by atoms with Crippen molar-refractivity contribution in [3.63, 3.8) is 0 Å². The maximum Gasteiger partial charge on any atom is 0.403 e. The molecule has 124 valence electrons. The third kappa shape index (κ3) is 4.08. The zero-order valence-corrected chi connectivity index (χ0v) is 13.1. The fourth-order valence-electron chi connectivity index (χ4n) is 1.87. The van der Waals surface area contributed by atoms with Gasteiger partial charge in [0.25, 0.3) is 0 Å². The highest BCUT2D eigenvalue weighted by atomic mass is 35.5. The SMILES string of the molecule is COc1ccc(C(C[N+](=O)[O-])C(F)(F)F)nc1-c1cnc(Cl)s1. The molecule has 0 aliphatic carbocycles. The number of thiazole rings is 1. The van der Waals surface area contributed by atoms with Gasteiger partial charge < -0.3 is 4.74 Å². The Bertz CT molecular complexity index is 723. The second kappa shape index (κ2) is 6.67. The Balaban J connectivity index is 2.53. The van der Waals surface area contributed by atoms with Crippen molar-refractivity contribution >= 4 is 22.9 Å². The Morgan fingerprint density at radius 1 is 1.48 bits per heavy atom. The van der Waals surface area contributed by atoms with Crippen molar-refractivity contribution in [3.8, 4) is 16.3 Å². The van der Waals surface area contributed by atoms with Gasteiger partial charge in [0.05, 0.1) is 17.7 Å². The van der Waals surface area contributed by atoms with Gasteiger partial charge in [-0.15, -0.1) is 11.3 Å². The molecule has 2 heterocycles. The summed E-state index contributed by atoms with van der Waals surface area (Å²) in [5, 5.41) is 10.5. The maximum absolute atomic E-state index is 13.1. The smallest absolute Gasteiger partial charge is 0.403 e. The number of halogens is 4. The van der Waals surface area contributed by atoms with Crippen LogP contribution in [0.5, 0.6) is 5.75 Å². The van der Waals surface area contributed by atoms with Crippen LogP contribution in [0.2, 0.25) is 4.47 Å². The van der Waals surface area contributed by atoms with Gasteiger partial charge in [0.15, 0.2) is 10.4 Å². The fourth-order valence-corrected chi connectivity index (χ4v) is 2.81. The molecule has 0 radical (unpaired) electrons. The number of rotatable bonds is 5. The lowest BCUT2D eigenvalue weighted by Crippen LogP contribution is -2.28. The molecule has 0 amide bonds. The Hall–Kier alpha value is -1.94. The van der Waals surface area contributed by atoms with E-state index in [0.29, 0.717) is 4.88 Å². The van der Waals surface area contributed by atoms with E-state index in [4.69, 9.17) is 16.3 Å². The summed E-state index contributed by atoms with van der Waals surface area (Å²) in [7, 11) is 1.33. The van der Waals surface area contributed by atoms with Crippen LogP contribution in [0.4, 0.5) is 13.2 Å². The highest BCUT2D eigenvalue weighted by Gasteiger charge is 2.45. The first kappa shape index (κ1) is 17.4. The second-order valence-corrected chi connectivity index (χ2v) is 5.99. The first-order valence-electron chi connectivity index (χ1n) is 6.07. The first-order valence-corrected chi connectivity index (χ1v) is 7.27. The molecule has 0 N–H and O–H groups in total. The molecule has 1 unspecified atom stereocenters. The number of aromatic nitrogens is 2. The molecule has 0 aliphatic rings. The van der Waals surface area contributed by atoms with E-state index in [2.05, 4.69) is 9.97 Å². The van der Waals surface area contributed by atoms with E-state index in [1.807, 2.05) is 0 Å². The second-order valence-electron chi connectivity index (χ2n) is 4.37. The lowest BCUT2D eigenvalue weighted by Gasteiger charge is -2.17. The van der Waals surface area contributed by atoms with E-state index in [9.17, 15) is 23.3 Å². The van der Waals surface area contributed by atoms with E-state index in [-0.39, 0.29) is 15.9 Å². The molecule has 2 rings (SSSR count). The van der Waals surface area contributed by atoms with Crippen molar-refractivity contribution in [2.45, 2.75) is 12.1 Å². The van der Waals surface area contributed by atoms with Crippen LogP contribution < -0.4 is 4.74 Å². The molecule has 23 heavy (non-hydrogen) atoms. The minimum atomic E-state index is -4.79. The molecule has 2 aromatic heterocycles. The molecule has 2 aromatic rings. The van der Waals surface area contributed by atoms with E-state index in [1.165, 1.54) is 19.4 Å². The van der Waals surface area contributed by atoms with Gasteiger partial charge >= 0.3 is 6.18 Å². The number of hydrogen-bond donors (Lipinski definition) is 0. The first-order chi connectivity index (χ1) is 10.7. The van der Waals surface area contributed by atoms with Gasteiger partial charge in [-0.1, -0.05) is 11.6 Å². The Morgan fingerprint density at radius 2 is 2.17 bits per heavy atom. The molecular formula is C12H9ClF3N3O3S. The van der Waals surface area contributed by atoms with E-state index < -0.39 is 29.3 Å². The van der Waals surface area contributed by atoms with Crippen LogP contribution >= 0.6 is 22.9 Å². The fraction of sp³-hybridized carbons (Fsp3) is 0.333. The number of nitro groups is 1. The summed E-state index contributed by atoms with van der Waals surface area (Å²) in [6.07, 6.45) is -3.45. The number of pyridine rings is 1. The maximum atomic E-state index is 13.1. The minimum Gasteiger partial charge on any atom is -0.494 e. The summed E-state index contributed by atoms with van der Waals surface area (Å²) in [6, 6.07) is 2.34. The predicted octanol–water partition coefficient (Wildman–Crippen LogP) is 3.79. The topological polar surface area (TPSA) is 78.2 Å². The lowest BCUT2D eigenvalue weighted by molar-refractivity contribution is -0.491. The van der Waals surface area contributed by atoms with Crippen molar-refractivity contribution in [3.05, 3.63) is 38.6 Å². The molecule has 6 nitrogen and oxygen atoms in total. The number of methoxy groups -OCH3 is 1. The largest absolute Gasteiger partial charge is 0.494 e. The number of hydrogen-bond acceptors (Lipinski definition) is 6. The van der Waals surface area contributed by atoms with Gasteiger partial charge in [-0.3, -0.25) is 10.1 Å². The van der Waals surface area contributed by atoms with Gasteiger partial charge in [-0.05, 0) is 12.1 Å². The third-order valence-electron chi connectivity index (χ3n) is 2.89. The van der Waals surface area contributed by atoms with Gasteiger partial charge in [-0.25, -0.2) is 9.97 Å². The van der Waals surface area contributed by atoms with Crippen molar-refractivity contribution in [2.75, 3.05) is 13.7 Å². The van der Waals surface area contributed by atoms with Crippen LogP contribution in [0, 0.1) is 10.1 Å². The van der Waals surface area contributed by atoms with Gasteiger partial charge in [0.1, 0.15) is 11.4 Å².